The Hall–Kier alpha value is -4.26. The number of hydrazone groups is 1. The topological polar surface area (TPSA) is 156 Å². The van der Waals surface area contributed by atoms with E-state index in [1.165, 1.54) is 11.8 Å². The van der Waals surface area contributed by atoms with Crippen molar-refractivity contribution in [1.29, 1.82) is 0 Å². The third-order valence-electron chi connectivity index (χ3n) is 4.97. The summed E-state index contributed by atoms with van der Waals surface area (Å²) >= 11 is 3.55. The first-order valence-electron chi connectivity index (χ1n) is 10.9. The molecular formula is C23H23BrN8O4. The molecule has 4 rings (SSSR count). The van der Waals surface area contributed by atoms with Gasteiger partial charge in [0, 0.05) is 0 Å². The van der Waals surface area contributed by atoms with Crippen LogP contribution in [0.1, 0.15) is 39.8 Å². The zero-order valence-corrected chi connectivity index (χ0v) is 21.3. The molecule has 2 heterocycles. The van der Waals surface area contributed by atoms with Gasteiger partial charge >= 0.3 is 0 Å². The number of nitrogen functional groups attached to an aromatic ring is 1. The molecule has 1 amide bonds. The van der Waals surface area contributed by atoms with Crippen LogP contribution in [0.4, 0.5) is 5.82 Å². The van der Waals surface area contributed by atoms with E-state index in [0.717, 1.165) is 10.2 Å². The van der Waals surface area contributed by atoms with Gasteiger partial charge in [-0.2, -0.15) is 9.78 Å². The maximum atomic E-state index is 12.8. The van der Waals surface area contributed by atoms with Gasteiger partial charge in [0.05, 0.1) is 23.0 Å². The largest absolute Gasteiger partial charge is 0.490 e. The Morgan fingerprint density at radius 1 is 1.22 bits per heavy atom. The van der Waals surface area contributed by atoms with E-state index in [-0.39, 0.29) is 17.3 Å². The fourth-order valence-corrected chi connectivity index (χ4v) is 3.80. The Labute approximate surface area is 214 Å². The number of halogens is 1. The molecular weight excluding hydrogens is 532 g/mol. The van der Waals surface area contributed by atoms with E-state index in [0.29, 0.717) is 40.4 Å². The number of anilines is 1. The molecule has 4 aromatic rings. The van der Waals surface area contributed by atoms with Crippen molar-refractivity contribution in [3.63, 3.8) is 0 Å². The lowest BCUT2D eigenvalue weighted by atomic mass is 10.2. The number of benzene rings is 2. The predicted molar refractivity (Wildman–Crippen MR) is 134 cm³/mol. The maximum absolute atomic E-state index is 12.8. The molecule has 0 spiro atoms. The molecule has 0 fully saturated rings. The molecule has 0 bridgehead atoms. The second-order valence-corrected chi connectivity index (χ2v) is 8.50. The number of nitrogens with two attached hydrogens (primary N) is 1. The molecule has 0 saturated carbocycles. The van der Waals surface area contributed by atoms with Crippen molar-refractivity contribution >= 4 is 33.9 Å². The summed E-state index contributed by atoms with van der Waals surface area (Å²) in [7, 11) is 0. The van der Waals surface area contributed by atoms with E-state index >= 15 is 0 Å². The highest BCUT2D eigenvalue weighted by molar-refractivity contribution is 9.10. The number of hydrogen-bond donors (Lipinski definition) is 2. The third-order valence-corrected chi connectivity index (χ3v) is 5.55. The Balaban J connectivity index is 1.49. The van der Waals surface area contributed by atoms with E-state index in [9.17, 15) is 4.79 Å². The lowest BCUT2D eigenvalue weighted by molar-refractivity contribution is 0.0946. The van der Waals surface area contributed by atoms with Crippen LogP contribution in [-0.4, -0.2) is 44.0 Å². The summed E-state index contributed by atoms with van der Waals surface area (Å²) in [6.07, 6.45) is 1.48. The van der Waals surface area contributed by atoms with Crippen molar-refractivity contribution in [3.05, 3.63) is 68.9 Å². The van der Waals surface area contributed by atoms with Crippen LogP contribution in [0.3, 0.4) is 0 Å². The zero-order valence-electron chi connectivity index (χ0n) is 19.7. The molecule has 0 unspecified atom stereocenters. The van der Waals surface area contributed by atoms with Gasteiger partial charge < -0.3 is 15.2 Å². The van der Waals surface area contributed by atoms with Gasteiger partial charge in [-0.15, -0.1) is 5.10 Å². The normalized spacial score (nSPS) is 11.1. The number of aryl methyl sites for hydroxylation is 2. The Morgan fingerprint density at radius 3 is 2.69 bits per heavy atom. The number of nitrogens with one attached hydrogen (secondary N) is 1. The fraction of sp³-hybridized carbons (Fsp3) is 0.217. The van der Waals surface area contributed by atoms with Crippen molar-refractivity contribution in [1.82, 2.24) is 30.7 Å². The highest BCUT2D eigenvalue weighted by atomic mass is 79.9. The van der Waals surface area contributed by atoms with Crippen LogP contribution in [0.25, 0.3) is 5.82 Å². The lowest BCUT2D eigenvalue weighted by Crippen LogP contribution is -2.22. The smallest absolute Gasteiger partial charge is 0.292 e. The number of aromatic nitrogens is 5. The van der Waals surface area contributed by atoms with Crippen LogP contribution >= 0.6 is 15.9 Å². The van der Waals surface area contributed by atoms with E-state index in [1.807, 2.05) is 44.2 Å². The Bertz CT molecular complexity index is 1400. The summed E-state index contributed by atoms with van der Waals surface area (Å²) in [5, 5.41) is 19.0. The van der Waals surface area contributed by atoms with Crippen molar-refractivity contribution in [2.45, 2.75) is 27.4 Å². The number of carbonyl (C=O) groups is 1. The molecule has 186 valence electrons. The molecule has 0 atom stereocenters. The number of rotatable bonds is 9. The van der Waals surface area contributed by atoms with Gasteiger partial charge in [0.2, 0.25) is 11.6 Å². The molecule has 0 aliphatic heterocycles. The van der Waals surface area contributed by atoms with Gasteiger partial charge in [0.1, 0.15) is 6.61 Å². The van der Waals surface area contributed by atoms with Crippen molar-refractivity contribution in [2.24, 2.45) is 5.10 Å². The number of carbonyl (C=O) groups excluding carboxylic acids is 1. The first-order valence-corrected chi connectivity index (χ1v) is 11.7. The molecule has 0 aliphatic rings. The SMILES string of the molecule is CCOc1cc(C=NNC(=O)c2c(C)nnn2-c2nonc2N)cc(Br)c1OCc1ccc(C)cc1. The Morgan fingerprint density at radius 2 is 2.00 bits per heavy atom. The second kappa shape index (κ2) is 11.0. The molecule has 12 nitrogen and oxygen atoms in total. The highest BCUT2D eigenvalue weighted by Gasteiger charge is 2.22. The molecule has 36 heavy (non-hydrogen) atoms. The molecule has 0 radical (unpaired) electrons. The maximum Gasteiger partial charge on any atom is 0.292 e. The van der Waals surface area contributed by atoms with Gasteiger partial charge in [-0.05, 0) is 70.3 Å². The van der Waals surface area contributed by atoms with Crippen LogP contribution in [0.5, 0.6) is 11.5 Å². The minimum absolute atomic E-state index is 0.0320. The monoisotopic (exact) mass is 554 g/mol. The van der Waals surface area contributed by atoms with Gasteiger partial charge in [0.25, 0.3) is 5.91 Å². The molecule has 2 aromatic heterocycles. The quantitative estimate of drug-likeness (QED) is 0.234. The van der Waals surface area contributed by atoms with E-state index in [1.54, 1.807) is 13.0 Å². The second-order valence-electron chi connectivity index (χ2n) is 7.64. The summed E-state index contributed by atoms with van der Waals surface area (Å²) in [5.41, 5.74) is 11.5. The Kier molecular flexibility index (Phi) is 7.59. The fourth-order valence-electron chi connectivity index (χ4n) is 3.23. The van der Waals surface area contributed by atoms with Crippen molar-refractivity contribution in [2.75, 3.05) is 12.3 Å². The van der Waals surface area contributed by atoms with Crippen LogP contribution in [0.15, 0.2) is 50.6 Å². The molecule has 0 saturated heterocycles. The van der Waals surface area contributed by atoms with Gasteiger partial charge in [0.15, 0.2) is 17.2 Å². The van der Waals surface area contributed by atoms with E-state index in [4.69, 9.17) is 15.2 Å². The standard InChI is InChI=1S/C23H23BrN8O4/c1-4-34-18-10-16(9-17(24)20(18)35-12-15-7-5-13(2)6-8-15)11-26-28-23(33)19-14(3)27-31-32(19)22-21(25)29-36-30-22/h5-11H,4,12H2,1-3H3,(H2,25,29)(H,28,33). The van der Waals surface area contributed by atoms with Crippen LogP contribution in [-0.2, 0) is 6.61 Å². The molecule has 3 N–H and O–H groups in total. The van der Waals surface area contributed by atoms with Crippen LogP contribution < -0.4 is 20.6 Å². The van der Waals surface area contributed by atoms with Gasteiger partial charge in [-0.1, -0.05) is 35.0 Å². The first kappa shape index (κ1) is 24.9. The van der Waals surface area contributed by atoms with Gasteiger partial charge in [-0.3, -0.25) is 4.79 Å². The summed E-state index contributed by atoms with van der Waals surface area (Å²) in [4.78, 5) is 12.8. The van der Waals surface area contributed by atoms with Crippen LogP contribution in [0, 0.1) is 13.8 Å². The summed E-state index contributed by atoms with van der Waals surface area (Å²) in [6.45, 7) is 6.37. The number of nitrogens with zero attached hydrogens (tertiary/aromatic N) is 6. The average molecular weight is 555 g/mol. The molecule has 0 aliphatic carbocycles. The van der Waals surface area contributed by atoms with Crippen molar-refractivity contribution in [3.8, 4) is 17.3 Å². The summed E-state index contributed by atoms with van der Waals surface area (Å²) in [5.74, 6) is 0.562. The minimum atomic E-state index is -0.571. The number of ether oxygens (including phenoxy) is 2. The first-order chi connectivity index (χ1) is 17.4. The minimum Gasteiger partial charge on any atom is -0.490 e. The summed E-state index contributed by atoms with van der Waals surface area (Å²) < 4.78 is 18.2. The predicted octanol–water partition coefficient (Wildman–Crippen LogP) is 3.35. The van der Waals surface area contributed by atoms with E-state index < -0.39 is 5.91 Å². The molecule has 13 heteroatoms. The van der Waals surface area contributed by atoms with E-state index in [2.05, 4.69) is 51.7 Å². The average Bonchev–Trinajstić information content (AvgIpc) is 3.44. The number of amides is 1. The summed E-state index contributed by atoms with van der Waals surface area (Å²) in [6, 6.07) is 11.7. The van der Waals surface area contributed by atoms with Crippen LogP contribution in [0.2, 0.25) is 0 Å². The number of hydrogen-bond acceptors (Lipinski definition) is 10. The van der Waals surface area contributed by atoms with Crippen molar-refractivity contribution < 1.29 is 18.9 Å². The lowest BCUT2D eigenvalue weighted by Gasteiger charge is -2.15. The molecule has 2 aromatic carbocycles. The van der Waals surface area contributed by atoms with Gasteiger partial charge in [-0.25, -0.2) is 10.1 Å². The third kappa shape index (κ3) is 5.51. The highest BCUT2D eigenvalue weighted by Crippen LogP contribution is 2.37. The zero-order chi connectivity index (χ0) is 25.7.